The minimum atomic E-state index is -0.170. The van der Waals surface area contributed by atoms with Gasteiger partial charge in [-0.1, -0.05) is 55.9 Å². The standard InChI is InChI=1S/C26H29N3O3S/c1-18(2)20-11-9-19(10-12-20)16-23-25(31)29(21-6-4-7-22(17-21)32-3)26(27-23)33-15-14-28-13-5-8-24(28)30/h4,6-7,9-12,16-18H,5,8,13-15H2,1-3H3/b23-16-. The first kappa shape index (κ1) is 23.1. The van der Waals surface area contributed by atoms with Crippen molar-refractivity contribution in [2.75, 3.05) is 30.9 Å². The van der Waals surface area contributed by atoms with E-state index in [-0.39, 0.29) is 11.8 Å². The van der Waals surface area contributed by atoms with Gasteiger partial charge in [0.1, 0.15) is 11.4 Å². The maximum absolute atomic E-state index is 13.4. The van der Waals surface area contributed by atoms with Gasteiger partial charge in [-0.05, 0) is 41.7 Å². The van der Waals surface area contributed by atoms with Crippen molar-refractivity contribution in [3.63, 3.8) is 0 Å². The van der Waals surface area contributed by atoms with E-state index in [4.69, 9.17) is 9.73 Å². The molecule has 4 rings (SSSR count). The van der Waals surface area contributed by atoms with E-state index in [2.05, 4.69) is 26.0 Å². The molecule has 2 aromatic rings. The van der Waals surface area contributed by atoms with Crippen LogP contribution in [0.15, 0.2) is 59.2 Å². The summed E-state index contributed by atoms with van der Waals surface area (Å²) >= 11 is 1.49. The van der Waals surface area contributed by atoms with Crippen molar-refractivity contribution >= 4 is 40.5 Å². The molecule has 33 heavy (non-hydrogen) atoms. The average Bonchev–Trinajstić information content (AvgIpc) is 3.36. The molecular weight excluding hydrogens is 434 g/mol. The summed E-state index contributed by atoms with van der Waals surface area (Å²) in [6, 6.07) is 15.6. The second-order valence-corrected chi connectivity index (χ2v) is 9.48. The fourth-order valence-corrected chi connectivity index (χ4v) is 4.87. The van der Waals surface area contributed by atoms with Crippen LogP contribution in [-0.4, -0.2) is 47.8 Å². The van der Waals surface area contributed by atoms with Crippen LogP contribution in [0.3, 0.4) is 0 Å². The highest BCUT2D eigenvalue weighted by molar-refractivity contribution is 8.14. The quantitative estimate of drug-likeness (QED) is 0.547. The number of nitrogens with zero attached hydrogens (tertiary/aromatic N) is 3. The number of methoxy groups -OCH3 is 1. The molecule has 1 saturated heterocycles. The van der Waals surface area contributed by atoms with Gasteiger partial charge in [0.05, 0.1) is 12.8 Å². The number of hydrogen-bond acceptors (Lipinski definition) is 5. The van der Waals surface area contributed by atoms with Crippen LogP contribution in [-0.2, 0) is 9.59 Å². The van der Waals surface area contributed by atoms with Crippen LogP contribution in [0.1, 0.15) is 43.7 Å². The largest absolute Gasteiger partial charge is 0.497 e. The van der Waals surface area contributed by atoms with Gasteiger partial charge in [0.15, 0.2) is 5.17 Å². The third-order valence-electron chi connectivity index (χ3n) is 5.81. The highest BCUT2D eigenvalue weighted by Gasteiger charge is 2.32. The van der Waals surface area contributed by atoms with E-state index in [1.165, 1.54) is 17.3 Å². The Hall–Kier alpha value is -3.06. The van der Waals surface area contributed by atoms with E-state index < -0.39 is 0 Å². The van der Waals surface area contributed by atoms with Gasteiger partial charge >= 0.3 is 0 Å². The van der Waals surface area contributed by atoms with Gasteiger partial charge < -0.3 is 9.64 Å². The lowest BCUT2D eigenvalue weighted by atomic mass is 10.0. The Kier molecular flexibility index (Phi) is 7.18. The Morgan fingerprint density at radius 2 is 1.94 bits per heavy atom. The predicted molar refractivity (Wildman–Crippen MR) is 135 cm³/mol. The highest BCUT2D eigenvalue weighted by atomic mass is 32.2. The van der Waals surface area contributed by atoms with Crippen LogP contribution in [0.5, 0.6) is 5.75 Å². The van der Waals surface area contributed by atoms with Gasteiger partial charge in [-0.2, -0.15) is 0 Å². The van der Waals surface area contributed by atoms with E-state index in [1.807, 2.05) is 47.4 Å². The SMILES string of the molecule is COc1cccc(N2C(=O)/C(=C/c3ccc(C(C)C)cc3)N=C2SCCN2CCCC2=O)c1. The lowest BCUT2D eigenvalue weighted by Crippen LogP contribution is -2.32. The zero-order valence-corrected chi connectivity index (χ0v) is 20.1. The zero-order chi connectivity index (χ0) is 23.4. The molecule has 0 bridgehead atoms. The number of amidine groups is 1. The lowest BCUT2D eigenvalue weighted by molar-refractivity contribution is -0.127. The molecule has 0 saturated carbocycles. The van der Waals surface area contributed by atoms with E-state index >= 15 is 0 Å². The monoisotopic (exact) mass is 463 g/mol. The van der Waals surface area contributed by atoms with Gasteiger partial charge in [0.2, 0.25) is 5.91 Å². The fourth-order valence-electron chi connectivity index (χ4n) is 3.89. The van der Waals surface area contributed by atoms with Crippen LogP contribution < -0.4 is 9.64 Å². The molecule has 0 spiro atoms. The van der Waals surface area contributed by atoms with Crippen LogP contribution in [0, 0.1) is 0 Å². The third-order valence-corrected chi connectivity index (χ3v) is 6.73. The van der Waals surface area contributed by atoms with E-state index in [1.54, 1.807) is 12.0 Å². The summed E-state index contributed by atoms with van der Waals surface area (Å²) in [6.45, 7) is 5.77. The number of carbonyl (C=O) groups excluding carboxylic acids is 2. The number of aliphatic imine (C=N–C) groups is 1. The molecule has 2 aliphatic rings. The number of anilines is 1. The van der Waals surface area contributed by atoms with Crippen LogP contribution in [0.2, 0.25) is 0 Å². The molecule has 2 heterocycles. The number of thioether (sulfide) groups is 1. The smallest absolute Gasteiger partial charge is 0.283 e. The second kappa shape index (κ2) is 10.3. The molecular formula is C26H29N3O3S. The molecule has 172 valence electrons. The summed E-state index contributed by atoms with van der Waals surface area (Å²) in [5, 5.41) is 0.616. The van der Waals surface area contributed by atoms with E-state index in [0.717, 1.165) is 18.5 Å². The number of benzene rings is 2. The molecule has 6 nitrogen and oxygen atoms in total. The number of likely N-dealkylation sites (tertiary alicyclic amines) is 1. The van der Waals surface area contributed by atoms with Crippen LogP contribution >= 0.6 is 11.8 Å². The first-order chi connectivity index (χ1) is 16.0. The Morgan fingerprint density at radius 1 is 1.15 bits per heavy atom. The molecule has 7 heteroatoms. The normalized spacial score (nSPS) is 17.5. The molecule has 0 atom stereocenters. The zero-order valence-electron chi connectivity index (χ0n) is 19.3. The van der Waals surface area contributed by atoms with Crippen molar-refractivity contribution in [2.45, 2.75) is 32.6 Å². The third kappa shape index (κ3) is 5.30. The molecule has 2 aliphatic heterocycles. The maximum Gasteiger partial charge on any atom is 0.283 e. The number of ether oxygens (including phenoxy) is 1. The topological polar surface area (TPSA) is 62.2 Å². The minimum absolute atomic E-state index is 0.170. The van der Waals surface area contributed by atoms with Gasteiger partial charge in [-0.3, -0.25) is 14.5 Å². The van der Waals surface area contributed by atoms with Crippen molar-refractivity contribution < 1.29 is 14.3 Å². The Labute approximate surface area is 199 Å². The number of rotatable bonds is 7. The number of carbonyl (C=O) groups is 2. The Morgan fingerprint density at radius 3 is 2.61 bits per heavy atom. The molecule has 0 radical (unpaired) electrons. The molecule has 1 fully saturated rings. The molecule has 0 aromatic heterocycles. The molecule has 0 aliphatic carbocycles. The summed E-state index contributed by atoms with van der Waals surface area (Å²) in [5.41, 5.74) is 3.30. The van der Waals surface area contributed by atoms with Crippen molar-refractivity contribution in [1.82, 2.24) is 4.90 Å². The second-order valence-electron chi connectivity index (χ2n) is 8.42. The van der Waals surface area contributed by atoms with Crippen molar-refractivity contribution in [1.29, 1.82) is 0 Å². The first-order valence-corrected chi connectivity index (χ1v) is 12.2. The van der Waals surface area contributed by atoms with E-state index in [9.17, 15) is 9.59 Å². The molecule has 2 amide bonds. The van der Waals surface area contributed by atoms with Gasteiger partial charge in [0, 0.05) is 31.3 Å². The average molecular weight is 464 g/mol. The summed E-state index contributed by atoms with van der Waals surface area (Å²) in [6.07, 6.45) is 3.38. The summed E-state index contributed by atoms with van der Waals surface area (Å²) in [5.74, 6) is 1.83. The van der Waals surface area contributed by atoms with Gasteiger partial charge in [0.25, 0.3) is 5.91 Å². The summed E-state index contributed by atoms with van der Waals surface area (Å²) < 4.78 is 5.35. The fraction of sp³-hybridized carbons (Fsp3) is 0.346. The van der Waals surface area contributed by atoms with Crippen molar-refractivity contribution in [3.8, 4) is 5.75 Å². The van der Waals surface area contributed by atoms with Crippen molar-refractivity contribution in [2.24, 2.45) is 4.99 Å². The van der Waals surface area contributed by atoms with E-state index in [0.29, 0.717) is 46.9 Å². The van der Waals surface area contributed by atoms with Gasteiger partial charge in [-0.15, -0.1) is 0 Å². The summed E-state index contributed by atoms with van der Waals surface area (Å²) in [4.78, 5) is 33.5. The Bertz CT molecular complexity index is 1090. The number of amides is 2. The highest BCUT2D eigenvalue weighted by Crippen LogP contribution is 2.31. The molecule has 0 N–H and O–H groups in total. The molecule has 2 aromatic carbocycles. The van der Waals surface area contributed by atoms with Crippen molar-refractivity contribution in [3.05, 3.63) is 65.4 Å². The van der Waals surface area contributed by atoms with Crippen LogP contribution in [0.25, 0.3) is 6.08 Å². The maximum atomic E-state index is 13.4. The molecule has 0 unspecified atom stereocenters. The summed E-state index contributed by atoms with van der Waals surface area (Å²) in [7, 11) is 1.61. The van der Waals surface area contributed by atoms with Crippen LogP contribution in [0.4, 0.5) is 5.69 Å². The minimum Gasteiger partial charge on any atom is -0.497 e. The van der Waals surface area contributed by atoms with Gasteiger partial charge in [-0.25, -0.2) is 4.99 Å². The predicted octanol–water partition coefficient (Wildman–Crippen LogP) is 4.92. The first-order valence-electron chi connectivity index (χ1n) is 11.3. The Balaban J connectivity index is 1.59. The lowest BCUT2D eigenvalue weighted by Gasteiger charge is -2.20. The number of hydrogen-bond donors (Lipinski definition) is 0.